The molecule has 1 saturated carbocycles. The Hall–Kier alpha value is -0.830. The predicted octanol–water partition coefficient (Wildman–Crippen LogP) is 28.2. The molecule has 82 heavy (non-hydrogen) atoms. The molecule has 3 heteroatoms. The molecule has 0 radical (unpaired) electrons. The molecule has 0 amide bonds. The lowest BCUT2D eigenvalue weighted by atomic mass is 9.91. The number of hydrogen-bond acceptors (Lipinski definition) is 2. The minimum absolute atomic E-state index is 0.582. The zero-order valence-electron chi connectivity index (χ0n) is 56.8. The molecule has 1 rings (SSSR count). The SMILES string of the molecule is CCCCCCCCCCCCCCCCCCCCC=CCCCCCCCCCCCCCCC1CC1CCCCCCCCCCCCCC(O)C(CCCCCCCCCCCCCCCCCCCCCCCC)C(=O)O. The molecule has 0 saturated heterocycles. The molecule has 4 atom stereocenters. The zero-order valence-corrected chi connectivity index (χ0v) is 56.8. The summed E-state index contributed by atoms with van der Waals surface area (Å²) in [6.45, 7) is 4.61. The van der Waals surface area contributed by atoms with Crippen LogP contribution in [-0.2, 0) is 4.79 Å². The van der Waals surface area contributed by atoms with Gasteiger partial charge in [-0.15, -0.1) is 0 Å². The molecule has 1 aliphatic rings. The molecular formula is C79H154O3. The summed E-state index contributed by atoms with van der Waals surface area (Å²) in [5.74, 6) is 0.772. The molecule has 488 valence electrons. The van der Waals surface area contributed by atoms with Crippen LogP contribution in [0, 0.1) is 17.8 Å². The number of aliphatic hydroxyl groups is 1. The molecule has 4 unspecified atom stereocenters. The van der Waals surface area contributed by atoms with E-state index in [4.69, 9.17) is 0 Å². The van der Waals surface area contributed by atoms with Crippen LogP contribution in [0.2, 0.25) is 0 Å². The molecule has 0 aliphatic heterocycles. The Morgan fingerprint density at radius 2 is 0.488 bits per heavy atom. The van der Waals surface area contributed by atoms with Gasteiger partial charge >= 0.3 is 5.97 Å². The van der Waals surface area contributed by atoms with Gasteiger partial charge in [-0.3, -0.25) is 4.79 Å². The first-order valence-corrected chi connectivity index (χ1v) is 39.2. The van der Waals surface area contributed by atoms with Gasteiger partial charge in [0.15, 0.2) is 0 Å². The van der Waals surface area contributed by atoms with Crippen molar-refractivity contribution in [2.24, 2.45) is 17.8 Å². The number of carboxylic acid groups (broad SMARTS) is 1. The van der Waals surface area contributed by atoms with Gasteiger partial charge in [-0.2, -0.15) is 0 Å². The second-order valence-corrected chi connectivity index (χ2v) is 28.0. The van der Waals surface area contributed by atoms with Crippen molar-refractivity contribution < 1.29 is 15.0 Å². The normalized spacial score (nSPS) is 15.1. The lowest BCUT2D eigenvalue weighted by Gasteiger charge is -2.19. The van der Waals surface area contributed by atoms with Gasteiger partial charge in [-0.05, 0) is 56.8 Å². The topological polar surface area (TPSA) is 57.5 Å². The number of rotatable bonds is 73. The molecule has 0 aromatic rings. The molecular weight excluding hydrogens is 997 g/mol. The highest BCUT2D eigenvalue weighted by atomic mass is 16.4. The van der Waals surface area contributed by atoms with Crippen LogP contribution in [0.15, 0.2) is 12.2 Å². The summed E-state index contributed by atoms with van der Waals surface area (Å²) >= 11 is 0. The molecule has 1 fully saturated rings. The third kappa shape index (κ3) is 60.8. The number of aliphatic hydroxyl groups excluding tert-OH is 1. The smallest absolute Gasteiger partial charge is 0.309 e. The minimum Gasteiger partial charge on any atom is -0.481 e. The molecule has 1 aliphatic carbocycles. The molecule has 0 spiro atoms. The van der Waals surface area contributed by atoms with Gasteiger partial charge in [0.2, 0.25) is 0 Å². The summed E-state index contributed by atoms with van der Waals surface area (Å²) < 4.78 is 0. The van der Waals surface area contributed by atoms with E-state index in [9.17, 15) is 15.0 Å². The van der Waals surface area contributed by atoms with Crippen molar-refractivity contribution in [2.45, 2.75) is 469 Å². The number of aliphatic carboxylic acids is 1. The van der Waals surface area contributed by atoms with Crippen LogP contribution in [0.4, 0.5) is 0 Å². The number of unbranched alkanes of at least 4 members (excludes halogenated alkanes) is 61. The number of carboxylic acids is 1. The van der Waals surface area contributed by atoms with E-state index in [-0.39, 0.29) is 0 Å². The first-order valence-electron chi connectivity index (χ1n) is 39.2. The molecule has 3 nitrogen and oxygen atoms in total. The van der Waals surface area contributed by atoms with Gasteiger partial charge in [0, 0.05) is 0 Å². The van der Waals surface area contributed by atoms with Crippen molar-refractivity contribution in [3.05, 3.63) is 12.2 Å². The van der Waals surface area contributed by atoms with Gasteiger partial charge in [0.1, 0.15) is 0 Å². The highest BCUT2D eigenvalue weighted by Gasteiger charge is 2.35. The number of carbonyl (C=O) groups is 1. The van der Waals surface area contributed by atoms with Crippen molar-refractivity contribution in [1.82, 2.24) is 0 Å². The first kappa shape index (κ1) is 79.2. The monoisotopic (exact) mass is 1150 g/mol. The average Bonchev–Trinajstić information content (AvgIpc) is 4.41. The maximum absolute atomic E-state index is 12.0. The van der Waals surface area contributed by atoms with Crippen molar-refractivity contribution in [3.63, 3.8) is 0 Å². The van der Waals surface area contributed by atoms with Crippen LogP contribution in [0.5, 0.6) is 0 Å². The third-order valence-corrected chi connectivity index (χ3v) is 19.9. The van der Waals surface area contributed by atoms with Crippen LogP contribution in [-0.4, -0.2) is 22.3 Å². The summed E-state index contributed by atoms with van der Waals surface area (Å²) in [5, 5.41) is 20.6. The largest absolute Gasteiger partial charge is 0.481 e. The number of allylic oxidation sites excluding steroid dienone is 2. The van der Waals surface area contributed by atoms with E-state index in [1.54, 1.807) is 0 Å². The first-order chi connectivity index (χ1) is 40.6. The van der Waals surface area contributed by atoms with Gasteiger partial charge in [0.25, 0.3) is 0 Å². The Labute approximate surface area is 517 Å². The molecule has 0 bridgehead atoms. The Morgan fingerprint density at radius 3 is 0.720 bits per heavy atom. The molecule has 0 aromatic carbocycles. The summed E-state index contributed by atoms with van der Waals surface area (Å²) in [6, 6.07) is 0. The van der Waals surface area contributed by atoms with Gasteiger partial charge in [-0.1, -0.05) is 431 Å². The third-order valence-electron chi connectivity index (χ3n) is 19.9. The van der Waals surface area contributed by atoms with Gasteiger partial charge < -0.3 is 10.2 Å². The lowest BCUT2D eigenvalue weighted by Crippen LogP contribution is -2.28. The minimum atomic E-state index is -0.797. The Morgan fingerprint density at radius 1 is 0.293 bits per heavy atom. The van der Waals surface area contributed by atoms with E-state index < -0.39 is 18.0 Å². The second kappa shape index (κ2) is 67.7. The standard InChI is InChI=1S/C79H154O3/c1-3-5-7-9-11-13-15-17-19-21-23-25-27-28-29-30-31-32-33-34-35-36-37-38-39-41-43-45-47-50-54-58-62-66-70-75-74-76(75)71-67-63-59-55-51-49-53-57-61-65-69-73-78(80)77(79(81)82)72-68-64-60-56-52-48-46-44-42-40-26-24-22-20-18-16-14-12-10-8-6-4-2/h34-35,75-78,80H,3-33,36-74H2,1-2H3,(H,81,82). The van der Waals surface area contributed by atoms with Crippen molar-refractivity contribution in [3.8, 4) is 0 Å². The molecule has 2 N–H and O–H groups in total. The quantitative estimate of drug-likeness (QED) is 0.0471. The molecule has 0 aromatic heterocycles. The highest BCUT2D eigenvalue weighted by Crippen LogP contribution is 2.46. The van der Waals surface area contributed by atoms with E-state index in [0.29, 0.717) is 12.8 Å². The Bertz CT molecular complexity index is 1230. The fraction of sp³-hybridized carbons (Fsp3) is 0.962. The van der Waals surface area contributed by atoms with E-state index in [0.717, 1.165) is 37.5 Å². The van der Waals surface area contributed by atoms with Crippen LogP contribution in [0.25, 0.3) is 0 Å². The fourth-order valence-electron chi connectivity index (χ4n) is 13.9. The van der Waals surface area contributed by atoms with Gasteiger partial charge in [-0.25, -0.2) is 0 Å². The van der Waals surface area contributed by atoms with E-state index in [2.05, 4.69) is 26.0 Å². The van der Waals surface area contributed by atoms with Crippen molar-refractivity contribution in [1.29, 1.82) is 0 Å². The summed E-state index contributed by atoms with van der Waals surface area (Å²) in [7, 11) is 0. The van der Waals surface area contributed by atoms with Crippen molar-refractivity contribution >= 4 is 5.97 Å². The Balaban J connectivity index is 1.73. The van der Waals surface area contributed by atoms with Crippen LogP contribution >= 0.6 is 0 Å². The zero-order chi connectivity index (χ0) is 58.8. The summed E-state index contributed by atoms with van der Waals surface area (Å²) in [4.78, 5) is 12.0. The van der Waals surface area contributed by atoms with Crippen LogP contribution in [0.3, 0.4) is 0 Å². The Kier molecular flexibility index (Phi) is 65.3. The predicted molar refractivity (Wildman–Crippen MR) is 368 cm³/mol. The van der Waals surface area contributed by atoms with Crippen LogP contribution < -0.4 is 0 Å². The maximum Gasteiger partial charge on any atom is 0.309 e. The van der Waals surface area contributed by atoms with E-state index in [1.807, 2.05) is 0 Å². The van der Waals surface area contributed by atoms with E-state index >= 15 is 0 Å². The second-order valence-electron chi connectivity index (χ2n) is 28.0. The summed E-state index contributed by atoms with van der Waals surface area (Å²) in [5.41, 5.74) is 0. The van der Waals surface area contributed by atoms with E-state index in [1.165, 1.54) is 411 Å². The van der Waals surface area contributed by atoms with Crippen molar-refractivity contribution in [2.75, 3.05) is 0 Å². The highest BCUT2D eigenvalue weighted by molar-refractivity contribution is 5.70. The lowest BCUT2D eigenvalue weighted by molar-refractivity contribution is -0.146. The fourth-order valence-corrected chi connectivity index (χ4v) is 13.9. The average molecular weight is 1150 g/mol. The van der Waals surface area contributed by atoms with Crippen LogP contribution in [0.1, 0.15) is 463 Å². The summed E-state index contributed by atoms with van der Waals surface area (Å²) in [6.07, 6.45) is 101. The maximum atomic E-state index is 12.0. The number of hydrogen-bond donors (Lipinski definition) is 2. The molecule has 0 heterocycles. The van der Waals surface area contributed by atoms with Gasteiger partial charge in [0.05, 0.1) is 12.0 Å².